The molecule has 1 N–H and O–H groups in total. The minimum absolute atomic E-state index is 0.000949. The molecule has 3 heterocycles. The third-order valence-corrected chi connectivity index (χ3v) is 7.44. The monoisotopic (exact) mass is 398 g/mol. The predicted octanol–water partition coefficient (Wildman–Crippen LogP) is 1.27. The van der Waals surface area contributed by atoms with Crippen molar-refractivity contribution in [2.75, 3.05) is 53.9 Å². The molecule has 5 rings (SSSR count). The molecule has 0 aromatic heterocycles. The van der Waals surface area contributed by atoms with E-state index in [4.69, 9.17) is 4.74 Å². The summed E-state index contributed by atoms with van der Waals surface area (Å²) >= 11 is 0. The first-order valence-corrected chi connectivity index (χ1v) is 10.6. The van der Waals surface area contributed by atoms with Crippen LogP contribution in [0, 0.1) is 29.6 Å². The van der Waals surface area contributed by atoms with Gasteiger partial charge in [0.15, 0.2) is 0 Å². The molecule has 1 aliphatic carbocycles. The van der Waals surface area contributed by atoms with Gasteiger partial charge in [0.2, 0.25) is 5.91 Å². The summed E-state index contributed by atoms with van der Waals surface area (Å²) < 4.78 is 5.30. The molecule has 3 saturated heterocycles. The number of likely N-dealkylation sites (tertiary alicyclic amines) is 2. The Morgan fingerprint density at radius 2 is 1.72 bits per heavy atom. The molecule has 29 heavy (non-hydrogen) atoms. The number of carbonyl (C=O) groups is 2. The molecule has 0 bridgehead atoms. The van der Waals surface area contributed by atoms with Crippen molar-refractivity contribution >= 4 is 11.9 Å². The Morgan fingerprint density at radius 3 is 2.34 bits per heavy atom. The Labute approximate surface area is 172 Å². The van der Waals surface area contributed by atoms with Gasteiger partial charge in [-0.2, -0.15) is 0 Å². The number of nitrogens with zero attached hydrogens (tertiary/aromatic N) is 3. The highest BCUT2D eigenvalue weighted by molar-refractivity contribution is 5.83. The van der Waals surface area contributed by atoms with Gasteiger partial charge >= 0.3 is 6.03 Å². The van der Waals surface area contributed by atoms with Gasteiger partial charge in [0, 0.05) is 51.5 Å². The maximum absolute atomic E-state index is 13.1. The quantitative estimate of drug-likeness (QED) is 0.833. The van der Waals surface area contributed by atoms with Gasteiger partial charge in [-0.25, -0.2) is 4.79 Å². The van der Waals surface area contributed by atoms with Crippen LogP contribution < -0.4 is 10.1 Å². The van der Waals surface area contributed by atoms with E-state index in [0.29, 0.717) is 30.2 Å². The molecule has 3 amide bonds. The first-order valence-electron chi connectivity index (χ1n) is 10.6. The van der Waals surface area contributed by atoms with Crippen molar-refractivity contribution in [2.24, 2.45) is 29.6 Å². The molecule has 1 aromatic carbocycles. The minimum atomic E-state index is -0.000949. The number of rotatable bonds is 3. The summed E-state index contributed by atoms with van der Waals surface area (Å²) in [7, 11) is 5.26. The molecule has 0 spiro atoms. The summed E-state index contributed by atoms with van der Waals surface area (Å²) in [6, 6.07) is 8.07. The number of ether oxygens (including phenoxy) is 1. The summed E-state index contributed by atoms with van der Waals surface area (Å²) in [5, 5.41) is 3.37. The van der Waals surface area contributed by atoms with Gasteiger partial charge in [-0.15, -0.1) is 0 Å². The van der Waals surface area contributed by atoms with E-state index in [0.717, 1.165) is 37.5 Å². The Kier molecular flexibility index (Phi) is 4.46. The fourth-order valence-corrected chi connectivity index (χ4v) is 5.90. The number of urea groups is 1. The van der Waals surface area contributed by atoms with E-state index in [2.05, 4.69) is 22.3 Å². The van der Waals surface area contributed by atoms with Crippen LogP contribution in [0.4, 0.5) is 4.79 Å². The lowest BCUT2D eigenvalue weighted by atomic mass is 9.89. The summed E-state index contributed by atoms with van der Waals surface area (Å²) in [6.45, 7) is 4.21. The van der Waals surface area contributed by atoms with Gasteiger partial charge in [0.05, 0.1) is 13.2 Å². The van der Waals surface area contributed by atoms with Crippen LogP contribution in [0.5, 0.6) is 5.75 Å². The Bertz CT molecular complexity index is 801. The number of benzene rings is 1. The predicted molar refractivity (Wildman–Crippen MR) is 108 cm³/mol. The van der Waals surface area contributed by atoms with Gasteiger partial charge < -0.3 is 24.8 Å². The Morgan fingerprint density at radius 1 is 1.03 bits per heavy atom. The zero-order valence-electron chi connectivity index (χ0n) is 17.4. The van der Waals surface area contributed by atoms with Gasteiger partial charge in [-0.1, -0.05) is 12.1 Å². The number of hydrogen-bond donors (Lipinski definition) is 1. The van der Waals surface area contributed by atoms with Crippen LogP contribution in [0.25, 0.3) is 0 Å². The average molecular weight is 399 g/mol. The van der Waals surface area contributed by atoms with Crippen molar-refractivity contribution in [1.82, 2.24) is 20.0 Å². The second kappa shape index (κ2) is 6.90. The first-order chi connectivity index (χ1) is 14.0. The van der Waals surface area contributed by atoms with Crippen molar-refractivity contribution in [3.8, 4) is 5.75 Å². The zero-order valence-corrected chi connectivity index (χ0v) is 17.4. The molecule has 4 aliphatic rings. The minimum Gasteiger partial charge on any atom is -0.497 e. The fourth-order valence-electron chi connectivity index (χ4n) is 5.90. The van der Waals surface area contributed by atoms with Crippen molar-refractivity contribution in [1.29, 1.82) is 0 Å². The van der Waals surface area contributed by atoms with E-state index in [1.165, 1.54) is 0 Å². The molecule has 0 radical (unpaired) electrons. The van der Waals surface area contributed by atoms with Gasteiger partial charge in [-0.3, -0.25) is 4.79 Å². The lowest BCUT2D eigenvalue weighted by Gasteiger charge is -2.32. The fraction of sp³-hybridized carbons (Fsp3) is 0.636. The third kappa shape index (κ3) is 2.98. The Hall–Kier alpha value is -2.28. The molecule has 7 nitrogen and oxygen atoms in total. The standard InChI is InChI=1S/C22H30N4O3/c1-24(2)22(28)26-11-14-10-25(21(27)19-16-8-23-9-17(16)19)12-18(14)20(26)13-4-6-15(29-3)7-5-13/h4-7,14,16-20,23H,8-12H2,1-3H3/t14-,16-,17+,18-,19?,20+/m1/s1. The SMILES string of the molecule is COc1ccc([C@H]2[C@@H]3CN(C(=O)C4[C@H]5CNC[C@@H]45)C[C@@H]3CN2C(=O)N(C)C)cc1. The van der Waals surface area contributed by atoms with E-state index in [1.807, 2.05) is 17.0 Å². The van der Waals surface area contributed by atoms with E-state index in [-0.39, 0.29) is 23.9 Å². The maximum Gasteiger partial charge on any atom is 0.320 e. The zero-order chi connectivity index (χ0) is 20.3. The molecule has 1 saturated carbocycles. The first kappa shape index (κ1) is 18.7. The lowest BCUT2D eigenvalue weighted by molar-refractivity contribution is -0.132. The maximum atomic E-state index is 13.1. The molecular formula is C22H30N4O3. The van der Waals surface area contributed by atoms with E-state index >= 15 is 0 Å². The lowest BCUT2D eigenvalue weighted by Crippen LogP contribution is -2.42. The molecule has 3 aliphatic heterocycles. The highest BCUT2D eigenvalue weighted by Crippen LogP contribution is 2.52. The van der Waals surface area contributed by atoms with E-state index in [1.54, 1.807) is 26.1 Å². The van der Waals surface area contributed by atoms with Crippen LogP contribution in [0.2, 0.25) is 0 Å². The number of nitrogens with one attached hydrogen (secondary N) is 1. The smallest absolute Gasteiger partial charge is 0.320 e. The Balaban J connectivity index is 1.37. The van der Waals surface area contributed by atoms with Crippen LogP contribution >= 0.6 is 0 Å². The summed E-state index contributed by atoms with van der Waals surface area (Å²) in [4.78, 5) is 31.7. The van der Waals surface area contributed by atoms with Crippen molar-refractivity contribution in [3.63, 3.8) is 0 Å². The number of methoxy groups -OCH3 is 1. The van der Waals surface area contributed by atoms with Gasteiger partial charge in [0.1, 0.15) is 5.75 Å². The third-order valence-electron chi connectivity index (χ3n) is 7.44. The molecule has 4 fully saturated rings. The second-order valence-corrected chi connectivity index (χ2v) is 9.23. The van der Waals surface area contributed by atoms with Crippen LogP contribution in [-0.4, -0.2) is 80.6 Å². The topological polar surface area (TPSA) is 65.1 Å². The molecule has 6 atom stereocenters. The highest BCUT2D eigenvalue weighted by Gasteiger charge is 2.59. The van der Waals surface area contributed by atoms with Crippen molar-refractivity contribution in [2.45, 2.75) is 6.04 Å². The van der Waals surface area contributed by atoms with Crippen LogP contribution in [0.3, 0.4) is 0 Å². The summed E-state index contributed by atoms with van der Waals surface area (Å²) in [5.74, 6) is 3.11. The van der Waals surface area contributed by atoms with E-state index in [9.17, 15) is 9.59 Å². The number of carbonyl (C=O) groups excluding carboxylic acids is 2. The molecule has 1 aromatic rings. The molecule has 156 valence electrons. The number of fused-ring (bicyclic) bond motifs is 2. The highest BCUT2D eigenvalue weighted by atomic mass is 16.5. The average Bonchev–Trinajstić information content (AvgIpc) is 3.10. The van der Waals surface area contributed by atoms with Crippen LogP contribution in [0.15, 0.2) is 24.3 Å². The molecule has 7 heteroatoms. The van der Waals surface area contributed by atoms with Crippen molar-refractivity contribution < 1.29 is 14.3 Å². The number of amides is 3. The molecular weight excluding hydrogens is 368 g/mol. The van der Waals surface area contributed by atoms with Gasteiger partial charge in [0.25, 0.3) is 0 Å². The molecule has 1 unspecified atom stereocenters. The van der Waals surface area contributed by atoms with Crippen LogP contribution in [-0.2, 0) is 4.79 Å². The van der Waals surface area contributed by atoms with Crippen LogP contribution in [0.1, 0.15) is 11.6 Å². The van der Waals surface area contributed by atoms with Gasteiger partial charge in [-0.05, 0) is 42.6 Å². The number of piperidine rings is 1. The van der Waals surface area contributed by atoms with Crippen molar-refractivity contribution in [3.05, 3.63) is 29.8 Å². The summed E-state index contributed by atoms with van der Waals surface area (Å²) in [6.07, 6.45) is 0. The van der Waals surface area contributed by atoms with E-state index < -0.39 is 0 Å². The summed E-state index contributed by atoms with van der Waals surface area (Å²) in [5.41, 5.74) is 1.12. The number of hydrogen-bond acceptors (Lipinski definition) is 4. The second-order valence-electron chi connectivity index (χ2n) is 9.23. The normalized spacial score (nSPS) is 34.7. The largest absolute Gasteiger partial charge is 0.497 e.